The molecule has 22 heavy (non-hydrogen) atoms. The minimum atomic E-state index is -0.517. The van der Waals surface area contributed by atoms with Crippen LogP contribution < -0.4 is 10.1 Å². The first-order valence-corrected chi connectivity index (χ1v) is 7.65. The number of carbonyl (C=O) groups excluding carboxylic acids is 2. The number of aromatic nitrogens is 1. The van der Waals surface area contributed by atoms with Crippen LogP contribution in [0.2, 0.25) is 5.02 Å². The number of nitrogens with one attached hydrogen (secondary N) is 1. The number of anilines is 1. The largest absolute Gasteiger partial charge is 0.484 e. The molecule has 6 nitrogen and oxygen atoms in total. The number of nitrogens with zero attached hydrogens (tertiary/aromatic N) is 1. The number of benzene rings is 1. The SMILES string of the molecule is CCOC(=O)c1csc(NC(=O)COc2ccc(Cl)cc2)n1. The third-order valence-electron chi connectivity index (χ3n) is 2.42. The summed E-state index contributed by atoms with van der Waals surface area (Å²) in [6.45, 7) is 1.81. The molecule has 0 bridgehead atoms. The Morgan fingerprint density at radius 2 is 2.05 bits per heavy atom. The van der Waals surface area contributed by atoms with E-state index in [0.717, 1.165) is 11.3 Å². The van der Waals surface area contributed by atoms with Gasteiger partial charge in [-0.1, -0.05) is 11.6 Å². The van der Waals surface area contributed by atoms with Crippen molar-refractivity contribution >= 4 is 39.9 Å². The molecule has 1 heterocycles. The summed E-state index contributed by atoms with van der Waals surface area (Å²) in [7, 11) is 0. The van der Waals surface area contributed by atoms with Gasteiger partial charge in [0.15, 0.2) is 17.4 Å². The van der Waals surface area contributed by atoms with Gasteiger partial charge in [0.2, 0.25) is 0 Å². The number of thiazole rings is 1. The summed E-state index contributed by atoms with van der Waals surface area (Å²) in [6.07, 6.45) is 0. The molecular weight excluding hydrogens is 328 g/mol. The molecule has 0 spiro atoms. The van der Waals surface area contributed by atoms with Crippen LogP contribution in [-0.4, -0.2) is 30.1 Å². The second-order valence-corrected chi connectivity index (χ2v) is 5.34. The highest BCUT2D eigenvalue weighted by Gasteiger charge is 2.13. The van der Waals surface area contributed by atoms with Gasteiger partial charge in [-0.05, 0) is 31.2 Å². The second kappa shape index (κ2) is 7.77. The molecule has 2 aromatic rings. The summed E-state index contributed by atoms with van der Waals surface area (Å²) in [5, 5.41) is 4.97. The van der Waals surface area contributed by atoms with E-state index in [1.807, 2.05) is 0 Å². The van der Waals surface area contributed by atoms with Gasteiger partial charge in [0, 0.05) is 10.4 Å². The van der Waals surface area contributed by atoms with Gasteiger partial charge >= 0.3 is 5.97 Å². The van der Waals surface area contributed by atoms with Crippen LogP contribution in [0.4, 0.5) is 5.13 Å². The van der Waals surface area contributed by atoms with Crippen LogP contribution in [0.15, 0.2) is 29.6 Å². The zero-order chi connectivity index (χ0) is 15.9. The minimum Gasteiger partial charge on any atom is -0.484 e. The van der Waals surface area contributed by atoms with E-state index < -0.39 is 5.97 Å². The van der Waals surface area contributed by atoms with Crippen molar-refractivity contribution in [1.29, 1.82) is 0 Å². The summed E-state index contributed by atoms with van der Waals surface area (Å²) in [6, 6.07) is 6.66. The van der Waals surface area contributed by atoms with E-state index in [0.29, 0.717) is 15.9 Å². The lowest BCUT2D eigenvalue weighted by atomic mass is 10.3. The van der Waals surface area contributed by atoms with Gasteiger partial charge in [0.05, 0.1) is 6.61 Å². The molecule has 116 valence electrons. The number of carbonyl (C=O) groups is 2. The molecular formula is C14H13ClN2O4S. The Kier molecular flexibility index (Phi) is 5.74. The lowest BCUT2D eigenvalue weighted by Gasteiger charge is -2.05. The van der Waals surface area contributed by atoms with Crippen molar-refractivity contribution in [2.75, 3.05) is 18.5 Å². The maximum absolute atomic E-state index is 11.7. The molecule has 1 aromatic heterocycles. The molecule has 0 unspecified atom stereocenters. The molecule has 0 atom stereocenters. The number of ether oxygens (including phenoxy) is 2. The van der Waals surface area contributed by atoms with Gasteiger partial charge in [0.1, 0.15) is 5.75 Å². The smallest absolute Gasteiger partial charge is 0.357 e. The first kappa shape index (κ1) is 16.3. The van der Waals surface area contributed by atoms with Crippen LogP contribution in [0, 0.1) is 0 Å². The monoisotopic (exact) mass is 340 g/mol. The number of halogens is 1. The molecule has 2 rings (SSSR count). The quantitative estimate of drug-likeness (QED) is 0.818. The van der Waals surface area contributed by atoms with E-state index >= 15 is 0 Å². The number of amides is 1. The summed E-state index contributed by atoms with van der Waals surface area (Å²) < 4.78 is 10.1. The van der Waals surface area contributed by atoms with Crippen molar-refractivity contribution in [2.45, 2.75) is 6.92 Å². The fourth-order valence-electron chi connectivity index (χ4n) is 1.46. The third kappa shape index (κ3) is 4.71. The van der Waals surface area contributed by atoms with Crippen LogP contribution in [0.25, 0.3) is 0 Å². The fourth-order valence-corrected chi connectivity index (χ4v) is 2.29. The van der Waals surface area contributed by atoms with Gasteiger partial charge in [0.25, 0.3) is 5.91 Å². The van der Waals surface area contributed by atoms with Crippen molar-refractivity contribution in [3.63, 3.8) is 0 Å². The Hall–Kier alpha value is -2.12. The topological polar surface area (TPSA) is 77.5 Å². The highest BCUT2D eigenvalue weighted by atomic mass is 35.5. The molecule has 1 amide bonds. The van der Waals surface area contributed by atoms with Gasteiger partial charge in [-0.25, -0.2) is 9.78 Å². The van der Waals surface area contributed by atoms with E-state index in [9.17, 15) is 9.59 Å². The summed E-state index contributed by atoms with van der Waals surface area (Å²) in [4.78, 5) is 27.2. The Labute approximate surface area is 136 Å². The Morgan fingerprint density at radius 3 is 2.73 bits per heavy atom. The summed E-state index contributed by atoms with van der Waals surface area (Å²) in [5.74, 6) is -0.359. The van der Waals surface area contributed by atoms with Crippen LogP contribution in [0.3, 0.4) is 0 Å². The van der Waals surface area contributed by atoms with Crippen molar-refractivity contribution in [3.05, 3.63) is 40.4 Å². The third-order valence-corrected chi connectivity index (χ3v) is 3.43. The first-order chi connectivity index (χ1) is 10.6. The van der Waals surface area contributed by atoms with E-state index in [1.54, 1.807) is 31.2 Å². The number of hydrogen-bond acceptors (Lipinski definition) is 6. The van der Waals surface area contributed by atoms with E-state index in [-0.39, 0.29) is 24.8 Å². The maximum atomic E-state index is 11.7. The van der Waals surface area contributed by atoms with Crippen molar-refractivity contribution in [1.82, 2.24) is 4.98 Å². The van der Waals surface area contributed by atoms with E-state index in [4.69, 9.17) is 21.1 Å². The molecule has 0 aliphatic carbocycles. The number of hydrogen-bond donors (Lipinski definition) is 1. The van der Waals surface area contributed by atoms with Crippen LogP contribution in [0.1, 0.15) is 17.4 Å². The van der Waals surface area contributed by atoms with Gasteiger partial charge in [-0.2, -0.15) is 0 Å². The lowest BCUT2D eigenvalue weighted by molar-refractivity contribution is -0.118. The Balaban J connectivity index is 1.84. The van der Waals surface area contributed by atoms with Gasteiger partial charge in [-0.3, -0.25) is 10.1 Å². The molecule has 8 heteroatoms. The number of rotatable bonds is 6. The highest BCUT2D eigenvalue weighted by molar-refractivity contribution is 7.14. The van der Waals surface area contributed by atoms with Crippen LogP contribution in [0.5, 0.6) is 5.75 Å². The van der Waals surface area contributed by atoms with Gasteiger partial charge in [-0.15, -0.1) is 11.3 Å². The standard InChI is InChI=1S/C14H13ClN2O4S/c1-2-20-13(19)11-8-22-14(16-11)17-12(18)7-21-10-5-3-9(15)4-6-10/h3-6,8H,2,7H2,1H3,(H,16,17,18). The van der Waals surface area contributed by atoms with Crippen molar-refractivity contribution in [2.24, 2.45) is 0 Å². The Bertz CT molecular complexity index is 657. The predicted molar refractivity (Wildman–Crippen MR) is 83.6 cm³/mol. The molecule has 0 fully saturated rings. The predicted octanol–water partition coefficient (Wildman–Crippen LogP) is 2.99. The molecule has 0 aliphatic heterocycles. The second-order valence-electron chi connectivity index (χ2n) is 4.05. The molecule has 0 radical (unpaired) electrons. The van der Waals surface area contributed by atoms with E-state index in [1.165, 1.54) is 5.38 Å². The van der Waals surface area contributed by atoms with Crippen LogP contribution >= 0.6 is 22.9 Å². The fraction of sp³-hybridized carbons (Fsp3) is 0.214. The average molecular weight is 341 g/mol. The zero-order valence-corrected chi connectivity index (χ0v) is 13.2. The van der Waals surface area contributed by atoms with Crippen molar-refractivity contribution in [3.8, 4) is 5.75 Å². The molecule has 1 N–H and O–H groups in total. The number of esters is 1. The lowest BCUT2D eigenvalue weighted by Crippen LogP contribution is -2.20. The minimum absolute atomic E-state index is 0.167. The zero-order valence-electron chi connectivity index (χ0n) is 11.7. The average Bonchev–Trinajstić information content (AvgIpc) is 2.95. The van der Waals surface area contributed by atoms with Crippen LogP contribution in [-0.2, 0) is 9.53 Å². The molecule has 1 aromatic carbocycles. The van der Waals surface area contributed by atoms with Gasteiger partial charge < -0.3 is 9.47 Å². The van der Waals surface area contributed by atoms with Crippen molar-refractivity contribution < 1.29 is 19.1 Å². The molecule has 0 aliphatic rings. The maximum Gasteiger partial charge on any atom is 0.357 e. The summed E-state index contributed by atoms with van der Waals surface area (Å²) in [5.41, 5.74) is 0.167. The Morgan fingerprint density at radius 1 is 1.32 bits per heavy atom. The molecule has 0 saturated heterocycles. The normalized spacial score (nSPS) is 10.1. The summed E-state index contributed by atoms with van der Waals surface area (Å²) >= 11 is 6.89. The van der Waals surface area contributed by atoms with E-state index in [2.05, 4.69) is 10.3 Å². The first-order valence-electron chi connectivity index (χ1n) is 6.39. The molecule has 0 saturated carbocycles. The highest BCUT2D eigenvalue weighted by Crippen LogP contribution is 2.17.